The van der Waals surface area contributed by atoms with Gasteiger partial charge in [-0.1, -0.05) is 0 Å². The van der Waals surface area contributed by atoms with Gasteiger partial charge in [-0.05, 0) is 44.4 Å². The molecule has 0 spiro atoms. The number of urea groups is 1. The number of nitrogens with two attached hydrogens (primary N) is 1. The van der Waals surface area contributed by atoms with Crippen molar-refractivity contribution in [1.29, 1.82) is 0 Å². The third-order valence-corrected chi connectivity index (χ3v) is 5.24. The summed E-state index contributed by atoms with van der Waals surface area (Å²) in [4.78, 5) is 27.6. The molecule has 3 fully saturated rings. The number of piperidine rings is 2. The molecule has 3 rings (SSSR count). The van der Waals surface area contributed by atoms with Crippen LogP contribution in [-0.2, 0) is 4.79 Å². The van der Waals surface area contributed by atoms with Gasteiger partial charge < -0.3 is 20.6 Å². The van der Waals surface area contributed by atoms with E-state index in [0.717, 1.165) is 45.1 Å². The van der Waals surface area contributed by atoms with Crippen LogP contribution < -0.4 is 5.73 Å². The van der Waals surface area contributed by atoms with Gasteiger partial charge in [-0.3, -0.25) is 4.79 Å². The van der Waals surface area contributed by atoms with Crippen LogP contribution in [0.5, 0.6) is 0 Å². The van der Waals surface area contributed by atoms with Gasteiger partial charge in [-0.15, -0.1) is 0 Å². The Morgan fingerprint density at radius 2 is 1.81 bits per heavy atom. The molecule has 3 aliphatic heterocycles. The maximum Gasteiger partial charge on any atom is 0.320 e. The van der Waals surface area contributed by atoms with Crippen LogP contribution in [0.1, 0.15) is 44.9 Å². The van der Waals surface area contributed by atoms with Crippen molar-refractivity contribution >= 4 is 12.0 Å². The molecule has 118 valence electrons. The molecule has 6 nitrogen and oxygen atoms in total. The SMILES string of the molecule is NC1CCCN(C(=O)N2C3CCC2CC(CC(=O)O)C3)C1. The molecular formula is C15H25N3O3. The zero-order chi connectivity index (χ0) is 15.0. The summed E-state index contributed by atoms with van der Waals surface area (Å²) in [6, 6.07) is 0.703. The van der Waals surface area contributed by atoms with Crippen LogP contribution in [0, 0.1) is 5.92 Å². The molecule has 3 atom stereocenters. The second-order valence-corrected chi connectivity index (χ2v) is 6.86. The zero-order valence-electron chi connectivity index (χ0n) is 12.4. The number of hydrogen-bond acceptors (Lipinski definition) is 3. The van der Waals surface area contributed by atoms with E-state index in [4.69, 9.17) is 10.8 Å². The van der Waals surface area contributed by atoms with E-state index in [-0.39, 0.29) is 36.5 Å². The topological polar surface area (TPSA) is 86.9 Å². The number of likely N-dealkylation sites (tertiary alicyclic amines) is 1. The highest BCUT2D eigenvalue weighted by Gasteiger charge is 2.45. The fraction of sp³-hybridized carbons (Fsp3) is 0.867. The average Bonchev–Trinajstić information content (AvgIpc) is 2.69. The molecule has 3 N–H and O–H groups in total. The lowest BCUT2D eigenvalue weighted by Gasteiger charge is -2.42. The summed E-state index contributed by atoms with van der Waals surface area (Å²) < 4.78 is 0. The molecule has 0 aromatic carbocycles. The van der Waals surface area contributed by atoms with E-state index in [1.807, 2.05) is 9.80 Å². The number of carbonyl (C=O) groups excluding carboxylic acids is 1. The number of nitrogens with zero attached hydrogens (tertiary/aromatic N) is 2. The van der Waals surface area contributed by atoms with Gasteiger partial charge in [0.2, 0.25) is 0 Å². The van der Waals surface area contributed by atoms with Gasteiger partial charge in [0.1, 0.15) is 0 Å². The first-order valence-electron chi connectivity index (χ1n) is 8.09. The minimum Gasteiger partial charge on any atom is -0.481 e. The van der Waals surface area contributed by atoms with Crippen LogP contribution >= 0.6 is 0 Å². The summed E-state index contributed by atoms with van der Waals surface area (Å²) in [7, 11) is 0. The largest absolute Gasteiger partial charge is 0.481 e. The molecule has 0 radical (unpaired) electrons. The fourth-order valence-electron chi connectivity index (χ4n) is 4.36. The highest BCUT2D eigenvalue weighted by atomic mass is 16.4. The summed E-state index contributed by atoms with van der Waals surface area (Å²) in [5, 5.41) is 8.96. The summed E-state index contributed by atoms with van der Waals surface area (Å²) in [5.41, 5.74) is 5.98. The number of aliphatic carboxylic acids is 1. The minimum absolute atomic E-state index is 0.102. The predicted octanol–water partition coefficient (Wildman–Crippen LogP) is 1.25. The van der Waals surface area contributed by atoms with Gasteiger partial charge in [0.25, 0.3) is 0 Å². The lowest BCUT2D eigenvalue weighted by Crippen LogP contribution is -2.56. The molecule has 2 bridgehead atoms. The van der Waals surface area contributed by atoms with Gasteiger partial charge >= 0.3 is 12.0 Å². The van der Waals surface area contributed by atoms with E-state index >= 15 is 0 Å². The number of carboxylic acid groups (broad SMARTS) is 1. The highest BCUT2D eigenvalue weighted by molar-refractivity contribution is 5.76. The first-order chi connectivity index (χ1) is 10.0. The van der Waals surface area contributed by atoms with Crippen molar-refractivity contribution in [2.24, 2.45) is 11.7 Å². The molecular weight excluding hydrogens is 270 g/mol. The predicted molar refractivity (Wildman–Crippen MR) is 77.8 cm³/mol. The van der Waals surface area contributed by atoms with Crippen LogP contribution in [0.4, 0.5) is 4.79 Å². The van der Waals surface area contributed by atoms with E-state index in [9.17, 15) is 9.59 Å². The molecule has 2 amide bonds. The van der Waals surface area contributed by atoms with Gasteiger partial charge in [0.05, 0.1) is 0 Å². The number of hydrogen-bond donors (Lipinski definition) is 2. The number of carbonyl (C=O) groups is 2. The van der Waals surface area contributed by atoms with Gasteiger partial charge in [-0.2, -0.15) is 0 Å². The minimum atomic E-state index is -0.721. The lowest BCUT2D eigenvalue weighted by molar-refractivity contribution is -0.138. The second-order valence-electron chi connectivity index (χ2n) is 6.86. The van der Waals surface area contributed by atoms with Gasteiger partial charge in [-0.25, -0.2) is 4.79 Å². The van der Waals surface area contributed by atoms with Crippen molar-refractivity contribution in [2.75, 3.05) is 13.1 Å². The monoisotopic (exact) mass is 295 g/mol. The zero-order valence-corrected chi connectivity index (χ0v) is 12.4. The lowest BCUT2D eigenvalue weighted by atomic mass is 9.88. The van der Waals surface area contributed by atoms with Crippen molar-refractivity contribution in [1.82, 2.24) is 9.80 Å². The highest BCUT2D eigenvalue weighted by Crippen LogP contribution is 2.40. The van der Waals surface area contributed by atoms with Crippen molar-refractivity contribution in [3.05, 3.63) is 0 Å². The van der Waals surface area contributed by atoms with Crippen molar-refractivity contribution in [2.45, 2.75) is 63.1 Å². The quantitative estimate of drug-likeness (QED) is 0.802. The Kier molecular flexibility index (Phi) is 4.06. The van der Waals surface area contributed by atoms with Crippen LogP contribution in [0.2, 0.25) is 0 Å². The maximum absolute atomic E-state index is 12.8. The fourth-order valence-corrected chi connectivity index (χ4v) is 4.36. The Hall–Kier alpha value is -1.30. The van der Waals surface area contributed by atoms with Crippen molar-refractivity contribution in [3.63, 3.8) is 0 Å². The van der Waals surface area contributed by atoms with Crippen LogP contribution in [0.25, 0.3) is 0 Å². The van der Waals surface area contributed by atoms with Gasteiger partial charge in [0, 0.05) is 37.6 Å². The van der Waals surface area contributed by atoms with Gasteiger partial charge in [0.15, 0.2) is 0 Å². The standard InChI is InChI=1S/C15H25N3O3/c16-11-2-1-5-17(9-11)15(21)18-12-3-4-13(18)7-10(6-12)8-14(19)20/h10-13H,1-9,16H2,(H,19,20). The van der Waals surface area contributed by atoms with E-state index < -0.39 is 5.97 Å². The van der Waals surface area contributed by atoms with Crippen LogP contribution in [0.3, 0.4) is 0 Å². The van der Waals surface area contributed by atoms with E-state index in [2.05, 4.69) is 0 Å². The molecule has 0 aromatic rings. The summed E-state index contributed by atoms with van der Waals surface area (Å²) in [6.07, 6.45) is 5.94. The number of carboxylic acids is 1. The third kappa shape index (κ3) is 3.00. The molecule has 0 aromatic heterocycles. The Bertz CT molecular complexity index is 414. The molecule has 3 unspecified atom stereocenters. The molecule has 6 heteroatoms. The molecule has 3 saturated heterocycles. The molecule has 3 aliphatic rings. The first-order valence-corrected chi connectivity index (χ1v) is 8.09. The Labute approximate surface area is 125 Å². The Balaban J connectivity index is 1.64. The molecule has 3 heterocycles. The normalized spacial score (nSPS) is 35.9. The van der Waals surface area contributed by atoms with E-state index in [1.165, 1.54) is 0 Å². The number of fused-ring (bicyclic) bond motifs is 2. The third-order valence-electron chi connectivity index (χ3n) is 5.24. The van der Waals surface area contributed by atoms with Crippen LogP contribution in [-0.4, -0.2) is 58.1 Å². The smallest absolute Gasteiger partial charge is 0.320 e. The Morgan fingerprint density at radius 1 is 1.14 bits per heavy atom. The molecule has 0 saturated carbocycles. The Morgan fingerprint density at radius 3 is 2.38 bits per heavy atom. The summed E-state index contributed by atoms with van der Waals surface area (Å²) >= 11 is 0. The number of rotatable bonds is 2. The number of amides is 2. The maximum atomic E-state index is 12.8. The van der Waals surface area contributed by atoms with E-state index in [1.54, 1.807) is 0 Å². The first kappa shape index (κ1) is 14.6. The summed E-state index contributed by atoms with van der Waals surface area (Å²) in [6.45, 7) is 1.47. The molecule has 0 aliphatic carbocycles. The second kappa shape index (κ2) is 5.83. The summed E-state index contributed by atoms with van der Waals surface area (Å²) in [5.74, 6) is -0.492. The van der Waals surface area contributed by atoms with Crippen LogP contribution in [0.15, 0.2) is 0 Å². The van der Waals surface area contributed by atoms with E-state index in [0.29, 0.717) is 6.54 Å². The molecule has 21 heavy (non-hydrogen) atoms. The average molecular weight is 295 g/mol. The van der Waals surface area contributed by atoms with Crippen molar-refractivity contribution in [3.8, 4) is 0 Å². The van der Waals surface area contributed by atoms with Crippen molar-refractivity contribution < 1.29 is 14.7 Å².